The molecule has 0 bridgehead atoms. The Morgan fingerprint density at radius 1 is 1.19 bits per heavy atom. The van der Waals surface area contributed by atoms with Gasteiger partial charge in [-0.25, -0.2) is 0 Å². The van der Waals surface area contributed by atoms with E-state index in [1.54, 1.807) is 0 Å². The monoisotopic (exact) mass is 281 g/mol. The number of benzene rings is 1. The zero-order valence-corrected chi connectivity index (χ0v) is 11.6. The lowest BCUT2D eigenvalue weighted by molar-refractivity contribution is 0.522. The first-order valence-corrected chi connectivity index (χ1v) is 6.79. The molecule has 1 aliphatic carbocycles. The minimum atomic E-state index is 0.476. The lowest BCUT2D eigenvalue weighted by Crippen LogP contribution is -2.05. The van der Waals surface area contributed by atoms with Crippen LogP contribution in [0.1, 0.15) is 25.8 Å². The fraction of sp³-hybridized carbons (Fsp3) is 0.571. The van der Waals surface area contributed by atoms with E-state index in [0.717, 1.165) is 22.9 Å². The van der Waals surface area contributed by atoms with Crippen molar-refractivity contribution in [2.24, 2.45) is 23.0 Å². The second-order valence-electron chi connectivity index (χ2n) is 5.44. The van der Waals surface area contributed by atoms with Gasteiger partial charge < -0.3 is 5.73 Å². The Morgan fingerprint density at radius 3 is 2.31 bits per heavy atom. The molecule has 0 heterocycles. The molecule has 1 aromatic carbocycles. The van der Waals surface area contributed by atoms with Crippen LogP contribution in [0.15, 0.2) is 28.7 Å². The molecule has 1 nitrogen and oxygen atoms in total. The summed E-state index contributed by atoms with van der Waals surface area (Å²) >= 11 is 3.46. The standard InChI is InChI=1S/C14H20BrN/c1-14(2)12(13(14)9-16)8-5-10-3-6-11(15)7-4-10/h3-4,6-7,12-13H,5,8-9,16H2,1-2H3/t12-,13-/m1/s1. The van der Waals surface area contributed by atoms with Crippen LogP contribution in [0.4, 0.5) is 0 Å². The van der Waals surface area contributed by atoms with Crippen LogP contribution < -0.4 is 5.73 Å². The molecular formula is C14H20BrN. The molecular weight excluding hydrogens is 262 g/mol. The summed E-state index contributed by atoms with van der Waals surface area (Å²) in [4.78, 5) is 0. The Morgan fingerprint density at radius 2 is 1.81 bits per heavy atom. The van der Waals surface area contributed by atoms with Crippen LogP contribution in [0.25, 0.3) is 0 Å². The molecule has 1 saturated carbocycles. The van der Waals surface area contributed by atoms with Gasteiger partial charge in [0.2, 0.25) is 0 Å². The summed E-state index contributed by atoms with van der Waals surface area (Å²) in [5, 5.41) is 0. The van der Waals surface area contributed by atoms with E-state index < -0.39 is 0 Å². The summed E-state index contributed by atoms with van der Waals surface area (Å²) in [6.45, 7) is 5.53. The van der Waals surface area contributed by atoms with Gasteiger partial charge in [-0.2, -0.15) is 0 Å². The SMILES string of the molecule is CC1(C)[C@H](CN)[C@H]1CCc1ccc(Br)cc1. The van der Waals surface area contributed by atoms with Crippen molar-refractivity contribution in [1.29, 1.82) is 0 Å². The average molecular weight is 282 g/mol. The van der Waals surface area contributed by atoms with Crippen molar-refractivity contribution in [1.82, 2.24) is 0 Å². The molecule has 2 rings (SSSR count). The van der Waals surface area contributed by atoms with Crippen molar-refractivity contribution in [3.05, 3.63) is 34.3 Å². The first kappa shape index (κ1) is 12.1. The molecule has 2 N–H and O–H groups in total. The normalized spacial score (nSPS) is 26.8. The van der Waals surface area contributed by atoms with Gasteiger partial charge in [0.1, 0.15) is 0 Å². The van der Waals surface area contributed by atoms with Crippen molar-refractivity contribution in [2.75, 3.05) is 6.54 Å². The number of aryl methyl sites for hydroxylation is 1. The second-order valence-corrected chi connectivity index (χ2v) is 6.35. The lowest BCUT2D eigenvalue weighted by atomic mass is 10.0. The first-order valence-electron chi connectivity index (χ1n) is 6.00. The topological polar surface area (TPSA) is 26.0 Å². The van der Waals surface area contributed by atoms with Crippen molar-refractivity contribution in [2.45, 2.75) is 26.7 Å². The first-order chi connectivity index (χ1) is 7.55. The molecule has 0 saturated heterocycles. The van der Waals surface area contributed by atoms with E-state index in [2.05, 4.69) is 54.0 Å². The highest BCUT2D eigenvalue weighted by Crippen LogP contribution is 2.59. The highest BCUT2D eigenvalue weighted by atomic mass is 79.9. The van der Waals surface area contributed by atoms with Crippen LogP contribution in [0, 0.1) is 17.3 Å². The molecule has 0 spiro atoms. The van der Waals surface area contributed by atoms with Gasteiger partial charge in [-0.1, -0.05) is 41.9 Å². The molecule has 0 unspecified atom stereocenters. The minimum Gasteiger partial charge on any atom is -0.330 e. The zero-order chi connectivity index (χ0) is 11.8. The van der Waals surface area contributed by atoms with Crippen molar-refractivity contribution in [3.8, 4) is 0 Å². The van der Waals surface area contributed by atoms with E-state index in [0.29, 0.717) is 5.41 Å². The largest absolute Gasteiger partial charge is 0.330 e. The van der Waals surface area contributed by atoms with Crippen LogP contribution in [0.2, 0.25) is 0 Å². The second kappa shape index (κ2) is 4.50. The highest BCUT2D eigenvalue weighted by molar-refractivity contribution is 9.10. The number of hydrogen-bond donors (Lipinski definition) is 1. The van der Waals surface area contributed by atoms with Gasteiger partial charge in [0.25, 0.3) is 0 Å². The Kier molecular flexibility index (Phi) is 3.41. The third kappa shape index (κ3) is 2.33. The van der Waals surface area contributed by atoms with Gasteiger partial charge in [0, 0.05) is 4.47 Å². The van der Waals surface area contributed by atoms with Gasteiger partial charge in [0.05, 0.1) is 0 Å². The number of hydrogen-bond acceptors (Lipinski definition) is 1. The van der Waals surface area contributed by atoms with Crippen molar-refractivity contribution in [3.63, 3.8) is 0 Å². The summed E-state index contributed by atoms with van der Waals surface area (Å²) in [7, 11) is 0. The smallest absolute Gasteiger partial charge is 0.0175 e. The van der Waals surface area contributed by atoms with Crippen LogP contribution in [0.3, 0.4) is 0 Å². The Labute approximate surface area is 107 Å². The third-order valence-electron chi connectivity index (χ3n) is 4.20. The summed E-state index contributed by atoms with van der Waals surface area (Å²) in [5.74, 6) is 1.56. The van der Waals surface area contributed by atoms with Crippen LogP contribution in [-0.4, -0.2) is 6.54 Å². The van der Waals surface area contributed by atoms with Crippen LogP contribution >= 0.6 is 15.9 Å². The third-order valence-corrected chi connectivity index (χ3v) is 4.73. The fourth-order valence-corrected chi connectivity index (χ4v) is 3.14. The molecule has 16 heavy (non-hydrogen) atoms. The van der Waals surface area contributed by atoms with Gasteiger partial charge in [-0.05, 0) is 54.3 Å². The molecule has 0 amide bonds. The quantitative estimate of drug-likeness (QED) is 0.897. The van der Waals surface area contributed by atoms with Gasteiger partial charge in [0.15, 0.2) is 0 Å². The molecule has 1 aliphatic rings. The molecule has 88 valence electrons. The number of nitrogens with two attached hydrogens (primary N) is 1. The van der Waals surface area contributed by atoms with E-state index in [-0.39, 0.29) is 0 Å². The van der Waals surface area contributed by atoms with Crippen molar-refractivity contribution >= 4 is 15.9 Å². The molecule has 0 aromatic heterocycles. The van der Waals surface area contributed by atoms with E-state index in [1.807, 2.05) is 0 Å². The predicted octanol–water partition coefficient (Wildman–Crippen LogP) is 3.61. The van der Waals surface area contributed by atoms with Crippen molar-refractivity contribution < 1.29 is 0 Å². The van der Waals surface area contributed by atoms with E-state index >= 15 is 0 Å². The maximum absolute atomic E-state index is 5.78. The summed E-state index contributed by atoms with van der Waals surface area (Å²) in [6.07, 6.45) is 2.45. The van der Waals surface area contributed by atoms with E-state index in [9.17, 15) is 0 Å². The maximum Gasteiger partial charge on any atom is 0.0175 e. The fourth-order valence-electron chi connectivity index (χ4n) is 2.87. The minimum absolute atomic E-state index is 0.476. The maximum atomic E-state index is 5.78. The Bertz CT molecular complexity index is 356. The zero-order valence-electron chi connectivity index (χ0n) is 10.0. The number of halogens is 1. The molecule has 1 fully saturated rings. The van der Waals surface area contributed by atoms with Gasteiger partial charge in [-0.3, -0.25) is 0 Å². The Hall–Kier alpha value is -0.340. The van der Waals surface area contributed by atoms with Crippen LogP contribution in [0.5, 0.6) is 0 Å². The molecule has 1 aromatic rings. The predicted molar refractivity (Wildman–Crippen MR) is 72.3 cm³/mol. The number of rotatable bonds is 4. The van der Waals surface area contributed by atoms with E-state index in [1.165, 1.54) is 18.4 Å². The van der Waals surface area contributed by atoms with Gasteiger partial charge >= 0.3 is 0 Å². The molecule has 2 heteroatoms. The van der Waals surface area contributed by atoms with Gasteiger partial charge in [-0.15, -0.1) is 0 Å². The molecule has 0 radical (unpaired) electrons. The highest BCUT2D eigenvalue weighted by Gasteiger charge is 2.55. The average Bonchev–Trinajstić information content (AvgIpc) is 2.79. The van der Waals surface area contributed by atoms with E-state index in [4.69, 9.17) is 5.73 Å². The molecule has 2 atom stereocenters. The van der Waals surface area contributed by atoms with Crippen LogP contribution in [-0.2, 0) is 6.42 Å². The summed E-state index contributed by atoms with van der Waals surface area (Å²) in [6, 6.07) is 8.65. The molecule has 0 aliphatic heterocycles. The summed E-state index contributed by atoms with van der Waals surface area (Å²) < 4.78 is 1.16. The Balaban J connectivity index is 1.87. The summed E-state index contributed by atoms with van der Waals surface area (Å²) in [5.41, 5.74) is 7.69. The lowest BCUT2D eigenvalue weighted by Gasteiger charge is -2.03.